The molecule has 13 N–H and O–H groups in total. The monoisotopic (exact) mass is 706 g/mol. The summed E-state index contributed by atoms with van der Waals surface area (Å²) in [5, 5.41) is 66.3. The zero-order valence-corrected chi connectivity index (χ0v) is 28.9. The van der Waals surface area contributed by atoms with Crippen LogP contribution in [0.25, 0.3) is 0 Å². The molecular formula is C10H27Ca4O21PS. The van der Waals surface area contributed by atoms with E-state index >= 15 is 0 Å². The molecule has 0 rings (SSSR count). The average molecular weight is 707 g/mol. The Morgan fingerprint density at radius 1 is 0.703 bits per heavy atom. The third kappa shape index (κ3) is 54.9. The van der Waals surface area contributed by atoms with Gasteiger partial charge in [-0.2, -0.15) is 8.42 Å². The van der Waals surface area contributed by atoms with Gasteiger partial charge in [-0.3, -0.25) is 18.7 Å². The Kier molecular flexibility index (Phi) is 45.1. The van der Waals surface area contributed by atoms with Gasteiger partial charge in [0.1, 0.15) is 0 Å². The van der Waals surface area contributed by atoms with Crippen molar-refractivity contribution in [2.45, 2.75) is 30.7 Å². The van der Waals surface area contributed by atoms with E-state index < -0.39 is 78.7 Å². The van der Waals surface area contributed by atoms with E-state index in [1.165, 1.54) is 0 Å². The van der Waals surface area contributed by atoms with E-state index in [1.807, 2.05) is 0 Å². The van der Waals surface area contributed by atoms with Crippen LogP contribution in [0.1, 0.15) is 24.3 Å². The number of aliphatic hydroxyl groups excluding tert-OH is 2. The van der Waals surface area contributed by atoms with Gasteiger partial charge in [0.15, 0.2) is 17.8 Å². The Morgan fingerprint density at radius 3 is 0.946 bits per heavy atom. The van der Waals surface area contributed by atoms with Gasteiger partial charge >= 0.3 is 199 Å². The summed E-state index contributed by atoms with van der Waals surface area (Å²) in [7, 11) is -9.31. The van der Waals surface area contributed by atoms with Crippen LogP contribution in [0, 0.1) is 0 Å². The summed E-state index contributed by atoms with van der Waals surface area (Å²) >= 11 is 0. The van der Waals surface area contributed by atoms with Gasteiger partial charge in [-0.05, 0) is 0 Å². The number of carboxylic acid groups (broad SMARTS) is 5. The molecule has 0 saturated carbocycles. The van der Waals surface area contributed by atoms with Crippen molar-refractivity contribution in [3.63, 3.8) is 0 Å². The van der Waals surface area contributed by atoms with E-state index in [-0.39, 0.29) is 162 Å². The standard InChI is InChI=1S/C6H8O7.C4H6O6.4Ca.H3O4P.H2O4S.8H/c7-3(8)1-6(13,5(11)12)2-4(9)10;5-1(3(7)8)2(6)4(9)10;;;;;2*1-5(2,3)4;;;;;;;;/h13H,1-2H2,(H,7,8)(H,9,10)(H,11,12);1-2,5-6H,(H,7,8)(H,9,10);;;;;(H3,1,2,3,4);(H2,1,2,3,4);;;;;;;;/q;;4*+2;;;8*-1. The Hall–Kier alpha value is 2.25. The van der Waals surface area contributed by atoms with E-state index in [2.05, 4.69) is 0 Å². The first-order chi connectivity index (χ1) is 14.2. The number of rotatable bonds is 8. The van der Waals surface area contributed by atoms with Gasteiger partial charge in [-0.15, -0.1) is 0 Å². The summed E-state index contributed by atoms with van der Waals surface area (Å²) in [6, 6.07) is 0. The Balaban J connectivity index is -0.0000000172. The molecule has 0 fully saturated rings. The quantitative estimate of drug-likeness (QED) is 0.0635. The average Bonchev–Trinajstić information content (AvgIpc) is 2.48. The van der Waals surface area contributed by atoms with Crippen molar-refractivity contribution in [1.29, 1.82) is 0 Å². The first-order valence-corrected chi connectivity index (χ1v) is 9.90. The molecule has 27 heteroatoms. The van der Waals surface area contributed by atoms with Crippen molar-refractivity contribution < 1.29 is 113 Å². The van der Waals surface area contributed by atoms with Crippen LogP contribution < -0.4 is 0 Å². The molecule has 0 aromatic rings. The molecule has 0 bridgehead atoms. The van der Waals surface area contributed by atoms with Gasteiger partial charge in [0.25, 0.3) is 0 Å². The maximum Gasteiger partial charge on any atom is 2.00 e. The van der Waals surface area contributed by atoms with Gasteiger partial charge in [0.05, 0.1) is 12.8 Å². The molecule has 0 amide bonds. The van der Waals surface area contributed by atoms with Crippen LogP contribution in [-0.2, 0) is 38.9 Å². The van der Waals surface area contributed by atoms with Crippen molar-refractivity contribution in [1.82, 2.24) is 0 Å². The van der Waals surface area contributed by atoms with Gasteiger partial charge in [0, 0.05) is 0 Å². The molecule has 37 heavy (non-hydrogen) atoms. The van der Waals surface area contributed by atoms with E-state index in [0.717, 1.165) is 0 Å². The summed E-state index contributed by atoms with van der Waals surface area (Å²) in [6.45, 7) is 0. The fourth-order valence-electron chi connectivity index (χ4n) is 0.984. The molecule has 0 aromatic heterocycles. The SMILES string of the molecule is O=C(O)C(O)C(O)C(=O)O.O=C(O)CC(O)(CC(=O)O)C(=O)O.O=P(O)(O)O.O=S(=O)(O)O.[Ca+2].[Ca+2].[Ca+2].[Ca+2].[H-].[H-].[H-].[H-].[H-].[H-].[H-].[H-]. The topological polar surface area (TPSA) is 400 Å². The molecule has 0 radical (unpaired) electrons. The number of phosphoric acid groups is 1. The van der Waals surface area contributed by atoms with Crippen LogP contribution in [0.4, 0.5) is 0 Å². The zero-order valence-electron chi connectivity index (χ0n) is 26.3. The first kappa shape index (κ1) is 58.8. The number of hydrogen-bond donors (Lipinski definition) is 13. The number of aliphatic hydroxyl groups is 3. The van der Waals surface area contributed by atoms with Gasteiger partial charge in [0.2, 0.25) is 0 Å². The summed E-state index contributed by atoms with van der Waals surface area (Å²) in [5.74, 6) is -8.56. The van der Waals surface area contributed by atoms with Crippen molar-refractivity contribution in [3.8, 4) is 0 Å². The molecule has 2 atom stereocenters. The van der Waals surface area contributed by atoms with Crippen molar-refractivity contribution >= 4 is 199 Å². The van der Waals surface area contributed by atoms with Crippen LogP contribution in [0.15, 0.2) is 0 Å². The number of carboxylic acids is 5. The molecule has 0 aliphatic carbocycles. The molecule has 212 valence electrons. The molecule has 0 aromatic carbocycles. The second kappa shape index (κ2) is 28.4. The summed E-state index contributed by atoms with van der Waals surface area (Å²) in [6.07, 6.45) is -6.82. The maximum atomic E-state index is 10.3. The Bertz CT molecular complexity index is 822. The fourth-order valence-corrected chi connectivity index (χ4v) is 0.984. The predicted octanol–water partition coefficient (Wildman–Crippen LogP) is -5.58. The molecule has 0 spiro atoms. The fraction of sp³-hybridized carbons (Fsp3) is 0.500. The van der Waals surface area contributed by atoms with Crippen LogP contribution in [0.2, 0.25) is 0 Å². The smallest absolute Gasteiger partial charge is 1.00 e. The minimum Gasteiger partial charge on any atom is -1.00 e. The molecule has 2 unspecified atom stereocenters. The van der Waals surface area contributed by atoms with E-state index in [1.54, 1.807) is 0 Å². The molecule has 0 heterocycles. The molecular weight excluding hydrogens is 679 g/mol. The Morgan fingerprint density at radius 2 is 0.865 bits per heavy atom. The van der Waals surface area contributed by atoms with E-state index in [4.69, 9.17) is 77.6 Å². The minimum absolute atomic E-state index is 0. The van der Waals surface area contributed by atoms with Gasteiger partial charge in [-0.1, -0.05) is 0 Å². The summed E-state index contributed by atoms with van der Waals surface area (Å²) in [4.78, 5) is 71.6. The zero-order chi connectivity index (χ0) is 28.0. The van der Waals surface area contributed by atoms with Crippen LogP contribution >= 0.6 is 7.82 Å². The third-order valence-electron chi connectivity index (χ3n) is 2.09. The van der Waals surface area contributed by atoms with E-state index in [0.29, 0.717) is 0 Å². The number of aliphatic carboxylic acids is 5. The van der Waals surface area contributed by atoms with Crippen molar-refractivity contribution in [2.75, 3.05) is 0 Å². The number of hydrogen-bond acceptors (Lipinski definition) is 11. The predicted molar refractivity (Wildman–Crippen MR) is 125 cm³/mol. The molecule has 21 nitrogen and oxygen atoms in total. The molecule has 0 saturated heterocycles. The van der Waals surface area contributed by atoms with Crippen LogP contribution in [-0.4, -0.2) is 272 Å². The molecule has 0 aliphatic rings. The van der Waals surface area contributed by atoms with Crippen LogP contribution in [0.3, 0.4) is 0 Å². The summed E-state index contributed by atoms with van der Waals surface area (Å²) < 4.78 is 40.5. The molecule has 0 aliphatic heterocycles. The second-order valence-electron chi connectivity index (χ2n) is 5.01. The maximum absolute atomic E-state index is 10.3. The number of carbonyl (C=O) groups is 5. The largest absolute Gasteiger partial charge is 2.00 e. The van der Waals surface area contributed by atoms with Gasteiger partial charge < -0.3 is 66.9 Å². The normalized spacial score (nSPS) is 11.2. The van der Waals surface area contributed by atoms with Gasteiger partial charge in [-0.25, -0.2) is 18.9 Å². The minimum atomic E-state index is -4.67. The Labute approximate surface area is 337 Å². The van der Waals surface area contributed by atoms with Crippen molar-refractivity contribution in [3.05, 3.63) is 0 Å². The second-order valence-corrected chi connectivity index (χ2v) is 6.93. The van der Waals surface area contributed by atoms with E-state index in [9.17, 15) is 24.0 Å². The summed E-state index contributed by atoms with van der Waals surface area (Å²) in [5.41, 5.74) is -2.74. The van der Waals surface area contributed by atoms with Crippen molar-refractivity contribution in [2.24, 2.45) is 0 Å². The van der Waals surface area contributed by atoms with Crippen LogP contribution in [0.5, 0.6) is 0 Å². The third-order valence-corrected chi connectivity index (χ3v) is 2.09. The first-order valence-electron chi connectivity index (χ1n) is 6.93.